The van der Waals surface area contributed by atoms with Crippen molar-refractivity contribution in [1.82, 2.24) is 4.98 Å². The van der Waals surface area contributed by atoms with Crippen molar-refractivity contribution >= 4 is 57.5 Å². The summed E-state index contributed by atoms with van der Waals surface area (Å²) in [7, 11) is 0. The number of carbonyl (C=O) groups is 1. The predicted molar refractivity (Wildman–Crippen MR) is 127 cm³/mol. The third-order valence-electron chi connectivity index (χ3n) is 4.46. The number of nitrogens with one attached hydrogen (secondary N) is 1. The van der Waals surface area contributed by atoms with Gasteiger partial charge in [0.15, 0.2) is 0 Å². The maximum atomic E-state index is 12.2. The van der Waals surface area contributed by atoms with E-state index >= 15 is 0 Å². The van der Waals surface area contributed by atoms with Gasteiger partial charge in [-0.15, -0.1) is 11.8 Å². The van der Waals surface area contributed by atoms with E-state index < -0.39 is 5.63 Å². The van der Waals surface area contributed by atoms with Crippen molar-refractivity contribution in [3.63, 3.8) is 0 Å². The van der Waals surface area contributed by atoms with Crippen LogP contribution >= 0.6 is 35.0 Å². The molecule has 0 spiro atoms. The maximum absolute atomic E-state index is 12.2. The fourth-order valence-corrected chi connectivity index (χ4v) is 4.31. The highest BCUT2D eigenvalue weighted by atomic mass is 35.5. The van der Waals surface area contributed by atoms with Crippen molar-refractivity contribution in [1.29, 1.82) is 0 Å². The quantitative estimate of drug-likeness (QED) is 0.372. The minimum absolute atomic E-state index is 0.127. The minimum atomic E-state index is -0.434. The van der Waals surface area contributed by atoms with Gasteiger partial charge in [-0.2, -0.15) is 0 Å². The van der Waals surface area contributed by atoms with Crippen molar-refractivity contribution in [2.45, 2.75) is 5.75 Å². The van der Waals surface area contributed by atoms with Crippen LogP contribution in [0.4, 0.5) is 5.69 Å². The van der Waals surface area contributed by atoms with E-state index in [0.29, 0.717) is 38.0 Å². The summed E-state index contributed by atoms with van der Waals surface area (Å²) >= 11 is 13.5. The van der Waals surface area contributed by atoms with Crippen LogP contribution < -0.4 is 10.9 Å². The molecular weight excluding hydrogens is 455 g/mol. The minimum Gasteiger partial charge on any atom is -0.403 e. The van der Waals surface area contributed by atoms with Gasteiger partial charge in [0.05, 0.1) is 16.7 Å². The van der Waals surface area contributed by atoms with Gasteiger partial charge < -0.3 is 9.73 Å². The molecule has 8 heteroatoms. The number of anilines is 1. The molecule has 0 radical (unpaired) electrons. The lowest BCUT2D eigenvalue weighted by Gasteiger charge is -2.07. The zero-order chi connectivity index (χ0) is 21.8. The summed E-state index contributed by atoms with van der Waals surface area (Å²) in [6.45, 7) is 0. The van der Waals surface area contributed by atoms with Gasteiger partial charge in [-0.25, -0.2) is 9.78 Å². The van der Waals surface area contributed by atoms with E-state index in [1.54, 1.807) is 54.6 Å². The molecule has 0 fully saturated rings. The number of thioether (sulfide) groups is 1. The molecular formula is C23H16Cl2N2O3S. The van der Waals surface area contributed by atoms with E-state index in [4.69, 9.17) is 27.6 Å². The summed E-state index contributed by atoms with van der Waals surface area (Å²) in [5.74, 6) is 0.992. The summed E-state index contributed by atoms with van der Waals surface area (Å²) in [6.07, 6.45) is 0. The summed E-state index contributed by atoms with van der Waals surface area (Å²) in [5.41, 5.74) is 2.35. The average Bonchev–Trinajstić information content (AvgIpc) is 2.76. The Morgan fingerprint density at radius 1 is 1.03 bits per heavy atom. The second-order valence-electron chi connectivity index (χ2n) is 6.68. The van der Waals surface area contributed by atoms with Gasteiger partial charge in [-0.05, 0) is 54.1 Å². The van der Waals surface area contributed by atoms with Crippen molar-refractivity contribution in [2.24, 2.45) is 0 Å². The van der Waals surface area contributed by atoms with Crippen LogP contribution in [0.2, 0.25) is 10.0 Å². The Balaban J connectivity index is 1.37. The first-order valence-corrected chi connectivity index (χ1v) is 11.2. The Labute approximate surface area is 192 Å². The summed E-state index contributed by atoms with van der Waals surface area (Å²) in [5, 5.41) is 4.45. The molecule has 0 atom stereocenters. The smallest absolute Gasteiger partial charge is 0.347 e. The Morgan fingerprint density at radius 3 is 2.58 bits per heavy atom. The topological polar surface area (TPSA) is 72.2 Å². The standard InChI is InChI=1S/C23H16Cl2N2O3S/c24-16-8-5-15(19(25)11-16)12-31-13-21(28)26-17-9-6-14(7-10-17)22-27-20-4-2-1-3-18(20)23(29)30-22/h1-11H,12-13H2,(H,26,28). The molecule has 1 heterocycles. The van der Waals surface area contributed by atoms with Crippen LogP contribution in [0.1, 0.15) is 5.56 Å². The molecule has 1 amide bonds. The molecule has 5 nitrogen and oxygen atoms in total. The predicted octanol–water partition coefficient (Wildman–Crippen LogP) is 6.03. The molecule has 156 valence electrons. The molecule has 4 aromatic rings. The van der Waals surface area contributed by atoms with Gasteiger partial charge >= 0.3 is 5.63 Å². The molecule has 0 unspecified atom stereocenters. The Bertz CT molecular complexity index is 1310. The van der Waals surface area contributed by atoms with Crippen LogP contribution in [-0.4, -0.2) is 16.6 Å². The van der Waals surface area contributed by atoms with Crippen LogP contribution in [0.25, 0.3) is 22.4 Å². The zero-order valence-corrected chi connectivity index (χ0v) is 18.4. The number of hydrogen-bond acceptors (Lipinski definition) is 5. The monoisotopic (exact) mass is 470 g/mol. The largest absolute Gasteiger partial charge is 0.403 e. The molecule has 4 rings (SSSR count). The van der Waals surface area contributed by atoms with E-state index in [-0.39, 0.29) is 17.6 Å². The second-order valence-corrected chi connectivity index (χ2v) is 8.51. The Morgan fingerprint density at radius 2 is 1.81 bits per heavy atom. The van der Waals surface area contributed by atoms with Crippen LogP contribution in [0.5, 0.6) is 0 Å². The van der Waals surface area contributed by atoms with Gasteiger partial charge in [0.2, 0.25) is 11.8 Å². The van der Waals surface area contributed by atoms with Gasteiger partial charge in [0, 0.05) is 27.0 Å². The summed E-state index contributed by atoms with van der Waals surface area (Å²) in [6, 6.07) is 19.3. The zero-order valence-electron chi connectivity index (χ0n) is 16.1. The number of rotatable bonds is 6. The summed E-state index contributed by atoms with van der Waals surface area (Å²) < 4.78 is 5.33. The third kappa shape index (κ3) is 5.28. The summed E-state index contributed by atoms with van der Waals surface area (Å²) in [4.78, 5) is 28.8. The van der Waals surface area contributed by atoms with E-state index in [0.717, 1.165) is 5.56 Å². The molecule has 0 saturated heterocycles. The van der Waals surface area contributed by atoms with Crippen LogP contribution in [0.15, 0.2) is 75.9 Å². The third-order valence-corrected chi connectivity index (χ3v) is 6.03. The van der Waals surface area contributed by atoms with Crippen molar-refractivity contribution in [3.05, 3.63) is 92.8 Å². The van der Waals surface area contributed by atoms with E-state index in [2.05, 4.69) is 10.3 Å². The van der Waals surface area contributed by atoms with Gasteiger partial charge in [-0.3, -0.25) is 4.79 Å². The normalized spacial score (nSPS) is 10.9. The fraction of sp³-hybridized carbons (Fsp3) is 0.0870. The van der Waals surface area contributed by atoms with Crippen LogP contribution in [0, 0.1) is 0 Å². The molecule has 1 N–H and O–H groups in total. The number of para-hydroxylation sites is 1. The van der Waals surface area contributed by atoms with Crippen LogP contribution in [-0.2, 0) is 10.5 Å². The molecule has 0 aliphatic carbocycles. The maximum Gasteiger partial charge on any atom is 0.347 e. The van der Waals surface area contributed by atoms with E-state index in [9.17, 15) is 9.59 Å². The van der Waals surface area contributed by atoms with Crippen molar-refractivity contribution in [2.75, 3.05) is 11.1 Å². The molecule has 31 heavy (non-hydrogen) atoms. The molecule has 0 saturated carbocycles. The lowest BCUT2D eigenvalue weighted by Crippen LogP contribution is -2.14. The highest BCUT2D eigenvalue weighted by molar-refractivity contribution is 7.99. The van der Waals surface area contributed by atoms with Crippen molar-refractivity contribution < 1.29 is 9.21 Å². The Kier molecular flexibility index (Phi) is 6.61. The van der Waals surface area contributed by atoms with Gasteiger partial charge in [0.25, 0.3) is 0 Å². The number of fused-ring (bicyclic) bond motifs is 1. The first kappa shape index (κ1) is 21.4. The average molecular weight is 471 g/mol. The molecule has 1 aromatic heterocycles. The number of halogens is 2. The number of aromatic nitrogens is 1. The first-order valence-electron chi connectivity index (χ1n) is 9.31. The lowest BCUT2D eigenvalue weighted by molar-refractivity contribution is -0.113. The van der Waals surface area contributed by atoms with E-state index in [1.165, 1.54) is 11.8 Å². The first-order chi connectivity index (χ1) is 15.0. The van der Waals surface area contributed by atoms with Crippen LogP contribution in [0.3, 0.4) is 0 Å². The number of carbonyl (C=O) groups excluding carboxylic acids is 1. The molecule has 0 aliphatic rings. The Hall–Kier alpha value is -2.80. The number of hydrogen-bond donors (Lipinski definition) is 1. The molecule has 0 bridgehead atoms. The highest BCUT2D eigenvalue weighted by Crippen LogP contribution is 2.25. The SMILES string of the molecule is O=C(CSCc1ccc(Cl)cc1Cl)Nc1ccc(-c2nc3ccccc3c(=O)o2)cc1. The second kappa shape index (κ2) is 9.56. The van der Waals surface area contributed by atoms with E-state index in [1.807, 2.05) is 12.1 Å². The fourth-order valence-electron chi connectivity index (χ4n) is 2.93. The highest BCUT2D eigenvalue weighted by Gasteiger charge is 2.09. The lowest BCUT2D eigenvalue weighted by atomic mass is 10.2. The number of benzene rings is 3. The van der Waals surface area contributed by atoms with Crippen molar-refractivity contribution in [3.8, 4) is 11.5 Å². The number of amides is 1. The molecule has 0 aliphatic heterocycles. The van der Waals surface area contributed by atoms with Gasteiger partial charge in [0.1, 0.15) is 0 Å². The molecule has 3 aromatic carbocycles. The van der Waals surface area contributed by atoms with Gasteiger partial charge in [-0.1, -0.05) is 41.4 Å². The number of nitrogens with zero attached hydrogens (tertiary/aromatic N) is 1.